The number of carbonyl (C=O) groups excluding carboxylic acids is 2. The first-order valence-corrected chi connectivity index (χ1v) is 11.0. The minimum Gasteiger partial charge on any atom is -0.457 e. The van der Waals surface area contributed by atoms with E-state index in [0.29, 0.717) is 18.0 Å². The highest BCUT2D eigenvalue weighted by Crippen LogP contribution is 2.32. The molecule has 0 spiro atoms. The van der Waals surface area contributed by atoms with Crippen LogP contribution in [0.2, 0.25) is 0 Å². The van der Waals surface area contributed by atoms with Crippen LogP contribution in [0.1, 0.15) is 12.0 Å². The minimum absolute atomic E-state index is 0.0339. The van der Waals surface area contributed by atoms with Gasteiger partial charge in [-0.15, -0.1) is 0 Å². The summed E-state index contributed by atoms with van der Waals surface area (Å²) in [6.07, 6.45) is 0.198. The van der Waals surface area contributed by atoms with Crippen molar-refractivity contribution in [1.29, 1.82) is 0 Å². The van der Waals surface area contributed by atoms with Gasteiger partial charge in [-0.1, -0.05) is 54.1 Å². The third kappa shape index (κ3) is 4.44. The molecular weight excluding hydrogens is 412 g/mol. The molecule has 1 aliphatic heterocycles. The fourth-order valence-electron chi connectivity index (χ4n) is 4.15. The summed E-state index contributed by atoms with van der Waals surface area (Å²) in [7, 11) is 0. The first-order valence-electron chi connectivity index (χ1n) is 11.0. The molecule has 4 aromatic carbocycles. The van der Waals surface area contributed by atoms with Crippen LogP contribution >= 0.6 is 0 Å². The lowest BCUT2D eigenvalue weighted by atomic mass is 10.1. The summed E-state index contributed by atoms with van der Waals surface area (Å²) in [6, 6.07) is 28.9. The van der Waals surface area contributed by atoms with Crippen LogP contribution in [-0.2, 0) is 9.59 Å². The third-order valence-electron chi connectivity index (χ3n) is 5.93. The summed E-state index contributed by atoms with van der Waals surface area (Å²) in [5.74, 6) is 0.858. The average Bonchev–Trinajstić information content (AvgIpc) is 3.23. The zero-order valence-corrected chi connectivity index (χ0v) is 18.3. The van der Waals surface area contributed by atoms with Crippen molar-refractivity contribution in [1.82, 2.24) is 0 Å². The molecule has 0 bridgehead atoms. The fourth-order valence-corrected chi connectivity index (χ4v) is 4.15. The van der Waals surface area contributed by atoms with Gasteiger partial charge < -0.3 is 15.0 Å². The Morgan fingerprint density at radius 3 is 2.30 bits per heavy atom. The van der Waals surface area contributed by atoms with Gasteiger partial charge in [-0.3, -0.25) is 9.59 Å². The van der Waals surface area contributed by atoms with Crippen molar-refractivity contribution in [3.05, 3.63) is 96.6 Å². The van der Waals surface area contributed by atoms with E-state index in [1.54, 1.807) is 17.0 Å². The maximum Gasteiger partial charge on any atom is 0.229 e. The van der Waals surface area contributed by atoms with Crippen LogP contribution in [-0.4, -0.2) is 18.4 Å². The van der Waals surface area contributed by atoms with Crippen molar-refractivity contribution in [2.24, 2.45) is 5.92 Å². The number of carbonyl (C=O) groups is 2. The van der Waals surface area contributed by atoms with E-state index in [-0.39, 0.29) is 18.2 Å². The lowest BCUT2D eigenvalue weighted by Gasteiger charge is -2.19. The topological polar surface area (TPSA) is 58.6 Å². The Morgan fingerprint density at radius 1 is 0.879 bits per heavy atom. The first kappa shape index (κ1) is 20.8. The van der Waals surface area contributed by atoms with Crippen LogP contribution in [0, 0.1) is 12.8 Å². The van der Waals surface area contributed by atoms with Gasteiger partial charge in [-0.05, 0) is 54.8 Å². The number of benzene rings is 4. The Labute approximate surface area is 192 Å². The SMILES string of the molecule is Cc1ccc(Oc2ccc(NC(=O)[C@H]3CC(=O)N(c4cccc5ccccc45)C3)cc2)cc1. The standard InChI is InChI=1S/C28H24N2O3/c1-19-9-13-23(14-10-19)33-24-15-11-22(12-16-24)29-28(32)21-17-27(31)30(18-21)26-8-4-6-20-5-2-3-7-25(20)26/h2-16,21H,17-18H2,1H3,(H,29,32)/t21-/m0/s1. The third-order valence-corrected chi connectivity index (χ3v) is 5.93. The monoisotopic (exact) mass is 436 g/mol. The highest BCUT2D eigenvalue weighted by Gasteiger charge is 2.35. The van der Waals surface area contributed by atoms with Crippen LogP contribution < -0.4 is 15.0 Å². The minimum atomic E-state index is -0.403. The Kier molecular flexibility index (Phi) is 5.53. The van der Waals surface area contributed by atoms with Crippen molar-refractivity contribution in [3.8, 4) is 11.5 Å². The molecule has 0 aromatic heterocycles. The quantitative estimate of drug-likeness (QED) is 0.422. The molecule has 1 fully saturated rings. The van der Waals surface area contributed by atoms with Crippen molar-refractivity contribution in [2.45, 2.75) is 13.3 Å². The molecule has 0 unspecified atom stereocenters. The smallest absolute Gasteiger partial charge is 0.229 e. The predicted octanol–water partition coefficient (Wildman–Crippen LogP) is 5.93. The second kappa shape index (κ2) is 8.79. The molecular formula is C28H24N2O3. The van der Waals surface area contributed by atoms with E-state index in [0.717, 1.165) is 22.2 Å². The molecule has 5 rings (SSSR count). The average molecular weight is 437 g/mol. The van der Waals surface area contributed by atoms with E-state index in [4.69, 9.17) is 4.74 Å². The summed E-state index contributed by atoms with van der Waals surface area (Å²) in [4.78, 5) is 27.4. The summed E-state index contributed by atoms with van der Waals surface area (Å²) in [5.41, 5.74) is 2.70. The van der Waals surface area contributed by atoms with Gasteiger partial charge >= 0.3 is 0 Å². The molecule has 4 aromatic rings. The lowest BCUT2D eigenvalue weighted by Crippen LogP contribution is -2.28. The first-order chi connectivity index (χ1) is 16.1. The van der Waals surface area contributed by atoms with Crippen LogP contribution in [0.25, 0.3) is 10.8 Å². The zero-order chi connectivity index (χ0) is 22.8. The molecule has 0 radical (unpaired) electrons. The molecule has 1 N–H and O–H groups in total. The number of aryl methyl sites for hydroxylation is 1. The molecule has 1 aliphatic rings. The molecule has 33 heavy (non-hydrogen) atoms. The second-order valence-corrected chi connectivity index (χ2v) is 8.33. The molecule has 2 amide bonds. The Balaban J connectivity index is 1.25. The number of amides is 2. The van der Waals surface area contributed by atoms with Gasteiger partial charge in [0.15, 0.2) is 0 Å². The molecule has 0 aliphatic carbocycles. The number of nitrogens with one attached hydrogen (secondary N) is 1. The van der Waals surface area contributed by atoms with E-state index in [9.17, 15) is 9.59 Å². The van der Waals surface area contributed by atoms with Gasteiger partial charge in [0, 0.05) is 24.0 Å². The van der Waals surface area contributed by atoms with Gasteiger partial charge in [0.05, 0.1) is 11.6 Å². The summed E-state index contributed by atoms with van der Waals surface area (Å²) in [6.45, 7) is 2.40. The normalized spacial score (nSPS) is 15.6. The summed E-state index contributed by atoms with van der Waals surface area (Å²) >= 11 is 0. The van der Waals surface area contributed by atoms with Gasteiger partial charge in [0.2, 0.25) is 11.8 Å². The van der Waals surface area contributed by atoms with E-state index < -0.39 is 5.92 Å². The zero-order valence-electron chi connectivity index (χ0n) is 18.3. The van der Waals surface area contributed by atoms with Crippen LogP contribution in [0.15, 0.2) is 91.0 Å². The molecule has 1 heterocycles. The number of nitrogens with zero attached hydrogens (tertiary/aromatic N) is 1. The molecule has 164 valence electrons. The van der Waals surface area contributed by atoms with Gasteiger partial charge in [-0.2, -0.15) is 0 Å². The predicted molar refractivity (Wildman–Crippen MR) is 131 cm³/mol. The maximum atomic E-state index is 12.9. The van der Waals surface area contributed by atoms with Crippen LogP contribution in [0.3, 0.4) is 0 Å². The number of hydrogen-bond donors (Lipinski definition) is 1. The van der Waals surface area contributed by atoms with Gasteiger partial charge in [0.25, 0.3) is 0 Å². The fraction of sp³-hybridized carbons (Fsp3) is 0.143. The number of ether oxygens (including phenoxy) is 1. The number of hydrogen-bond acceptors (Lipinski definition) is 3. The number of fused-ring (bicyclic) bond motifs is 1. The Bertz CT molecular complexity index is 1310. The van der Waals surface area contributed by atoms with E-state index >= 15 is 0 Å². The molecule has 5 nitrogen and oxygen atoms in total. The summed E-state index contributed by atoms with van der Waals surface area (Å²) < 4.78 is 5.84. The molecule has 5 heteroatoms. The van der Waals surface area contributed by atoms with Crippen molar-refractivity contribution >= 4 is 34.0 Å². The number of rotatable bonds is 5. The van der Waals surface area contributed by atoms with Crippen LogP contribution in [0.4, 0.5) is 11.4 Å². The van der Waals surface area contributed by atoms with E-state index in [2.05, 4.69) is 5.32 Å². The largest absolute Gasteiger partial charge is 0.457 e. The lowest BCUT2D eigenvalue weighted by molar-refractivity contribution is -0.122. The van der Waals surface area contributed by atoms with E-state index in [1.165, 1.54) is 5.56 Å². The van der Waals surface area contributed by atoms with Gasteiger partial charge in [0.1, 0.15) is 11.5 Å². The molecule has 1 atom stereocenters. The van der Waals surface area contributed by atoms with E-state index in [1.807, 2.05) is 85.8 Å². The Hall–Kier alpha value is -4.12. The van der Waals surface area contributed by atoms with Gasteiger partial charge in [-0.25, -0.2) is 0 Å². The highest BCUT2D eigenvalue weighted by molar-refractivity contribution is 6.08. The van der Waals surface area contributed by atoms with Crippen molar-refractivity contribution in [2.75, 3.05) is 16.8 Å². The van der Waals surface area contributed by atoms with Crippen molar-refractivity contribution < 1.29 is 14.3 Å². The Morgan fingerprint density at radius 2 is 1.55 bits per heavy atom. The second-order valence-electron chi connectivity index (χ2n) is 8.33. The highest BCUT2D eigenvalue weighted by atomic mass is 16.5. The van der Waals surface area contributed by atoms with Crippen LogP contribution in [0.5, 0.6) is 11.5 Å². The molecule has 1 saturated heterocycles. The maximum absolute atomic E-state index is 12.9. The molecule has 0 saturated carbocycles. The number of anilines is 2. The van der Waals surface area contributed by atoms with Crippen molar-refractivity contribution in [3.63, 3.8) is 0 Å². The summed E-state index contributed by atoms with van der Waals surface area (Å²) in [5, 5.41) is 5.02.